The molecule has 0 bridgehead atoms. The van der Waals surface area contributed by atoms with Gasteiger partial charge in [-0.05, 0) is 67.6 Å². The molecule has 0 aliphatic rings. The van der Waals surface area contributed by atoms with Crippen LogP contribution in [0.4, 0.5) is 5.69 Å². The Balaban J connectivity index is 1.80. The summed E-state index contributed by atoms with van der Waals surface area (Å²) >= 11 is 18.0. The first kappa shape index (κ1) is 21.3. The Hall–Kier alpha value is -2.40. The molecular formula is C22H18Cl3NO3. The van der Waals surface area contributed by atoms with Crippen molar-refractivity contribution >= 4 is 46.4 Å². The maximum atomic E-state index is 12.7. The fourth-order valence-corrected chi connectivity index (χ4v) is 3.07. The molecule has 0 heterocycles. The van der Waals surface area contributed by atoms with Crippen LogP contribution in [0.1, 0.15) is 22.8 Å². The van der Waals surface area contributed by atoms with E-state index in [2.05, 4.69) is 5.32 Å². The van der Waals surface area contributed by atoms with E-state index in [4.69, 9.17) is 44.3 Å². The lowest BCUT2D eigenvalue weighted by atomic mass is 10.1. The molecule has 3 rings (SSSR count). The second-order valence-electron chi connectivity index (χ2n) is 6.08. The van der Waals surface area contributed by atoms with Crippen molar-refractivity contribution in [3.05, 3.63) is 86.9 Å². The molecule has 0 saturated heterocycles. The van der Waals surface area contributed by atoms with Crippen molar-refractivity contribution in [3.8, 4) is 11.5 Å². The van der Waals surface area contributed by atoms with E-state index in [0.29, 0.717) is 44.4 Å². The van der Waals surface area contributed by atoms with Crippen molar-refractivity contribution in [2.45, 2.75) is 13.5 Å². The fraction of sp³-hybridized carbons (Fsp3) is 0.136. The average Bonchev–Trinajstić information content (AvgIpc) is 2.71. The molecule has 0 aliphatic carbocycles. The van der Waals surface area contributed by atoms with Gasteiger partial charge in [-0.2, -0.15) is 0 Å². The molecule has 7 heteroatoms. The van der Waals surface area contributed by atoms with Crippen molar-refractivity contribution < 1.29 is 14.3 Å². The Morgan fingerprint density at radius 3 is 2.34 bits per heavy atom. The summed E-state index contributed by atoms with van der Waals surface area (Å²) in [5.41, 5.74) is 1.63. The molecule has 0 spiro atoms. The summed E-state index contributed by atoms with van der Waals surface area (Å²) in [6.45, 7) is 2.62. The lowest BCUT2D eigenvalue weighted by molar-refractivity contribution is 0.102. The van der Waals surface area contributed by atoms with Crippen LogP contribution in [0.2, 0.25) is 15.1 Å². The van der Waals surface area contributed by atoms with Crippen molar-refractivity contribution in [1.29, 1.82) is 0 Å². The third kappa shape index (κ3) is 5.80. The SMILES string of the molecule is CCOc1ccc(C(=O)Nc2cc(Cl)ccc2Cl)cc1COc1ccc(Cl)cc1. The van der Waals surface area contributed by atoms with Crippen molar-refractivity contribution in [2.75, 3.05) is 11.9 Å². The van der Waals surface area contributed by atoms with Crippen molar-refractivity contribution in [1.82, 2.24) is 0 Å². The number of carbonyl (C=O) groups is 1. The fourth-order valence-electron chi connectivity index (χ4n) is 2.61. The summed E-state index contributed by atoms with van der Waals surface area (Å²) in [7, 11) is 0. The maximum Gasteiger partial charge on any atom is 0.255 e. The van der Waals surface area contributed by atoms with Gasteiger partial charge in [0, 0.05) is 21.2 Å². The highest BCUT2D eigenvalue weighted by atomic mass is 35.5. The topological polar surface area (TPSA) is 47.6 Å². The smallest absolute Gasteiger partial charge is 0.255 e. The van der Waals surface area contributed by atoms with Gasteiger partial charge >= 0.3 is 0 Å². The molecule has 0 saturated carbocycles. The largest absolute Gasteiger partial charge is 0.493 e. The van der Waals surface area contributed by atoms with Gasteiger partial charge in [-0.25, -0.2) is 0 Å². The van der Waals surface area contributed by atoms with Crippen LogP contribution in [0.5, 0.6) is 11.5 Å². The number of anilines is 1. The van der Waals surface area contributed by atoms with Crippen LogP contribution >= 0.6 is 34.8 Å². The van der Waals surface area contributed by atoms with E-state index < -0.39 is 0 Å². The van der Waals surface area contributed by atoms with Crippen LogP contribution in [0.25, 0.3) is 0 Å². The Kier molecular flexibility index (Phi) is 7.26. The first-order valence-electron chi connectivity index (χ1n) is 8.86. The minimum absolute atomic E-state index is 0.232. The van der Waals surface area contributed by atoms with Gasteiger partial charge in [0.1, 0.15) is 18.1 Å². The Bertz CT molecular complexity index is 1010. The second-order valence-corrected chi connectivity index (χ2v) is 7.36. The van der Waals surface area contributed by atoms with Crippen molar-refractivity contribution in [2.24, 2.45) is 0 Å². The highest BCUT2D eigenvalue weighted by molar-refractivity contribution is 6.35. The number of ether oxygens (including phenoxy) is 2. The normalized spacial score (nSPS) is 10.5. The van der Waals surface area contributed by atoms with Gasteiger partial charge in [0.2, 0.25) is 0 Å². The van der Waals surface area contributed by atoms with Crippen LogP contribution in [0.15, 0.2) is 60.7 Å². The van der Waals surface area contributed by atoms with Gasteiger partial charge in [0.15, 0.2) is 0 Å². The van der Waals surface area contributed by atoms with Gasteiger partial charge in [-0.15, -0.1) is 0 Å². The lowest BCUT2D eigenvalue weighted by Crippen LogP contribution is -2.13. The van der Waals surface area contributed by atoms with E-state index in [1.165, 1.54) is 0 Å². The van der Waals surface area contributed by atoms with Crippen LogP contribution < -0.4 is 14.8 Å². The zero-order valence-corrected chi connectivity index (χ0v) is 17.8. The van der Waals surface area contributed by atoms with Crippen LogP contribution in [-0.2, 0) is 6.61 Å². The molecule has 150 valence electrons. The number of carbonyl (C=O) groups excluding carboxylic acids is 1. The summed E-state index contributed by atoms with van der Waals surface area (Å²) in [5, 5.41) is 4.29. The zero-order chi connectivity index (χ0) is 20.8. The molecule has 0 unspecified atom stereocenters. The standard InChI is InChI=1S/C22H18Cl3NO3/c1-2-28-21-10-3-14(22(27)26-20-12-17(24)6-9-19(20)25)11-15(21)13-29-18-7-4-16(23)5-8-18/h3-12H,2,13H2,1H3,(H,26,27). The molecule has 1 amide bonds. The molecule has 3 aromatic carbocycles. The molecule has 1 N–H and O–H groups in total. The van der Waals surface area contributed by atoms with Gasteiger partial charge < -0.3 is 14.8 Å². The highest BCUT2D eigenvalue weighted by Crippen LogP contribution is 2.27. The molecule has 0 aromatic heterocycles. The zero-order valence-electron chi connectivity index (χ0n) is 15.5. The minimum atomic E-state index is -0.315. The molecule has 29 heavy (non-hydrogen) atoms. The summed E-state index contributed by atoms with van der Waals surface area (Å²) in [5.74, 6) is 1.00. The highest BCUT2D eigenvalue weighted by Gasteiger charge is 2.13. The van der Waals surface area contributed by atoms with Gasteiger partial charge in [0.25, 0.3) is 5.91 Å². The minimum Gasteiger partial charge on any atom is -0.493 e. The summed E-state index contributed by atoms with van der Waals surface area (Å²) in [6.07, 6.45) is 0. The van der Waals surface area contributed by atoms with Crippen LogP contribution in [0.3, 0.4) is 0 Å². The van der Waals surface area contributed by atoms with E-state index in [9.17, 15) is 4.79 Å². The predicted molar refractivity (Wildman–Crippen MR) is 118 cm³/mol. The average molecular weight is 451 g/mol. The Morgan fingerprint density at radius 1 is 0.897 bits per heavy atom. The summed E-state index contributed by atoms with van der Waals surface area (Å²) in [4.78, 5) is 12.7. The van der Waals surface area contributed by atoms with E-state index in [1.54, 1.807) is 60.7 Å². The van der Waals surface area contributed by atoms with E-state index in [0.717, 1.165) is 5.56 Å². The lowest BCUT2D eigenvalue weighted by Gasteiger charge is -2.14. The Morgan fingerprint density at radius 2 is 1.62 bits per heavy atom. The number of halogens is 3. The second kappa shape index (κ2) is 9.88. The molecule has 0 fully saturated rings. The monoisotopic (exact) mass is 449 g/mol. The number of amides is 1. The number of nitrogens with one attached hydrogen (secondary N) is 1. The number of hydrogen-bond donors (Lipinski definition) is 1. The van der Waals surface area contributed by atoms with E-state index in [-0.39, 0.29) is 12.5 Å². The van der Waals surface area contributed by atoms with Crippen LogP contribution in [0, 0.1) is 0 Å². The first-order chi connectivity index (χ1) is 14.0. The number of benzene rings is 3. The molecule has 3 aromatic rings. The quantitative estimate of drug-likeness (QED) is 0.427. The predicted octanol–water partition coefficient (Wildman–Crippen LogP) is 6.88. The van der Waals surface area contributed by atoms with Gasteiger partial charge in [-0.3, -0.25) is 4.79 Å². The third-order valence-corrected chi connectivity index (χ3v) is 4.82. The Labute approximate surface area is 184 Å². The number of hydrogen-bond acceptors (Lipinski definition) is 3. The molecule has 0 aliphatic heterocycles. The molecule has 0 atom stereocenters. The molecule has 4 nitrogen and oxygen atoms in total. The number of rotatable bonds is 7. The molecular weight excluding hydrogens is 433 g/mol. The van der Waals surface area contributed by atoms with Gasteiger partial charge in [-0.1, -0.05) is 34.8 Å². The van der Waals surface area contributed by atoms with Gasteiger partial charge in [0.05, 0.1) is 17.3 Å². The van der Waals surface area contributed by atoms with E-state index in [1.807, 2.05) is 6.92 Å². The van der Waals surface area contributed by atoms with Crippen molar-refractivity contribution in [3.63, 3.8) is 0 Å². The third-order valence-electron chi connectivity index (χ3n) is 4.01. The first-order valence-corrected chi connectivity index (χ1v) is 10.00. The summed E-state index contributed by atoms with van der Waals surface area (Å²) < 4.78 is 11.5. The molecule has 0 radical (unpaired) electrons. The maximum absolute atomic E-state index is 12.7. The van der Waals surface area contributed by atoms with E-state index >= 15 is 0 Å². The van der Waals surface area contributed by atoms with Crippen LogP contribution in [-0.4, -0.2) is 12.5 Å². The summed E-state index contributed by atoms with van der Waals surface area (Å²) in [6, 6.07) is 17.1.